The first-order valence-corrected chi connectivity index (χ1v) is 14.7. The molecule has 47 heavy (non-hydrogen) atoms. The Bertz CT molecular complexity index is 1840. The Morgan fingerprint density at radius 2 is 1.74 bits per heavy atom. The van der Waals surface area contributed by atoms with Crippen molar-refractivity contribution in [2.24, 2.45) is 0 Å². The van der Waals surface area contributed by atoms with Crippen LogP contribution >= 0.6 is 0 Å². The van der Waals surface area contributed by atoms with Crippen molar-refractivity contribution in [3.8, 4) is 11.3 Å². The number of halogens is 5. The van der Waals surface area contributed by atoms with E-state index in [0.29, 0.717) is 28.7 Å². The van der Waals surface area contributed by atoms with E-state index >= 15 is 0 Å². The molecule has 0 aliphatic carbocycles. The van der Waals surface area contributed by atoms with Crippen molar-refractivity contribution in [2.45, 2.75) is 19.6 Å². The minimum Gasteiger partial charge on any atom is -0.386 e. The highest BCUT2D eigenvalue weighted by Crippen LogP contribution is 2.35. The van der Waals surface area contributed by atoms with Gasteiger partial charge < -0.3 is 20.5 Å². The molecule has 6 rings (SSSR count). The summed E-state index contributed by atoms with van der Waals surface area (Å²) in [6, 6.07) is 9.76. The van der Waals surface area contributed by atoms with E-state index in [1.54, 1.807) is 19.2 Å². The molecule has 0 radical (unpaired) electrons. The molecule has 5 aromatic rings. The largest absolute Gasteiger partial charge is 0.416 e. The number of nitrogens with one attached hydrogen (secondary N) is 3. The van der Waals surface area contributed by atoms with E-state index in [1.165, 1.54) is 43.1 Å². The van der Waals surface area contributed by atoms with Crippen LogP contribution in [0.25, 0.3) is 22.4 Å². The number of imidazole rings is 1. The van der Waals surface area contributed by atoms with Crippen LogP contribution in [0.2, 0.25) is 0 Å². The van der Waals surface area contributed by atoms with Gasteiger partial charge in [0.2, 0.25) is 0 Å². The van der Waals surface area contributed by atoms with Crippen molar-refractivity contribution < 1.29 is 26.7 Å². The molecule has 3 aromatic heterocycles. The Morgan fingerprint density at radius 1 is 0.979 bits per heavy atom. The molecule has 0 unspecified atom stereocenters. The van der Waals surface area contributed by atoms with Gasteiger partial charge in [0, 0.05) is 57.1 Å². The van der Waals surface area contributed by atoms with E-state index in [2.05, 4.69) is 47.4 Å². The topological polar surface area (TPSA) is 115 Å². The number of hydrogen-bond acceptors (Lipinski definition) is 9. The van der Waals surface area contributed by atoms with Crippen molar-refractivity contribution in [3.05, 3.63) is 89.6 Å². The Labute approximate surface area is 267 Å². The Hall–Kier alpha value is -5.02. The monoisotopic (exact) mass is 653 g/mol. The second-order valence-electron chi connectivity index (χ2n) is 10.6. The molecule has 246 valence electrons. The summed E-state index contributed by atoms with van der Waals surface area (Å²) in [5.41, 5.74) is 1.63. The SMILES string of the molecule is CCN1CCN(Cc2ccc(C=O)cc2C(F)(F)F)CC1.CNc1ccc(F)c(Nc2ncccc2-c2ncnc3nc[nH]c23)c1F. The second-order valence-corrected chi connectivity index (χ2v) is 10.6. The fraction of sp³-hybridized carbons (Fsp3) is 0.281. The number of nitrogens with zero attached hydrogens (tertiary/aromatic N) is 6. The number of aldehydes is 1. The maximum Gasteiger partial charge on any atom is 0.416 e. The van der Waals surface area contributed by atoms with Crippen LogP contribution in [-0.2, 0) is 12.7 Å². The normalized spacial score (nSPS) is 14.0. The standard InChI is InChI=1S/C17H13F2N7.C15H19F3N2O/c1-20-11-5-4-10(18)14(12(11)19)26-16-9(3-2-6-21-16)13-15-17(24-7-22-13)25-8-23-15;1-2-19-5-7-20(8-6-19)10-13-4-3-12(11-21)9-14(13)15(16,17)18/h2-8,20H,1H3,(H,21,26)(H,22,23,24,25);3-4,9,11H,2,5-8,10H2,1H3. The molecule has 0 spiro atoms. The molecule has 10 nitrogen and oxygen atoms in total. The van der Waals surface area contributed by atoms with Crippen molar-refractivity contribution in [1.82, 2.24) is 34.7 Å². The number of likely N-dealkylation sites (N-methyl/N-ethyl adjacent to an activating group) is 1. The quantitative estimate of drug-likeness (QED) is 0.134. The number of alkyl halides is 3. The van der Waals surface area contributed by atoms with E-state index in [-0.39, 0.29) is 34.9 Å². The molecule has 0 amide bonds. The molecule has 1 saturated heterocycles. The molecular weight excluding hydrogens is 621 g/mol. The van der Waals surface area contributed by atoms with Gasteiger partial charge in [0.25, 0.3) is 0 Å². The summed E-state index contributed by atoms with van der Waals surface area (Å²) in [6.45, 7) is 6.60. The first-order chi connectivity index (χ1) is 22.6. The first-order valence-electron chi connectivity index (χ1n) is 14.7. The Morgan fingerprint density at radius 3 is 2.45 bits per heavy atom. The highest BCUT2D eigenvalue weighted by Gasteiger charge is 2.34. The molecule has 0 saturated carbocycles. The molecule has 15 heteroatoms. The third-order valence-electron chi connectivity index (χ3n) is 7.77. The molecule has 0 atom stereocenters. The molecular formula is C32H32F5N9O. The van der Waals surface area contributed by atoms with E-state index < -0.39 is 23.4 Å². The number of rotatable bonds is 8. The van der Waals surface area contributed by atoms with Crippen LogP contribution in [0.5, 0.6) is 0 Å². The molecule has 3 N–H and O–H groups in total. The fourth-order valence-electron chi connectivity index (χ4n) is 5.22. The molecule has 2 aromatic carbocycles. The minimum absolute atomic E-state index is 0.0573. The maximum atomic E-state index is 14.5. The van der Waals surface area contributed by atoms with Crippen LogP contribution in [0.3, 0.4) is 0 Å². The highest BCUT2D eigenvalue weighted by molar-refractivity contribution is 5.91. The van der Waals surface area contributed by atoms with E-state index in [4.69, 9.17) is 0 Å². The van der Waals surface area contributed by atoms with Gasteiger partial charge >= 0.3 is 6.18 Å². The average Bonchev–Trinajstić information content (AvgIpc) is 3.57. The van der Waals surface area contributed by atoms with Crippen molar-refractivity contribution in [2.75, 3.05) is 50.4 Å². The number of aromatic nitrogens is 5. The summed E-state index contributed by atoms with van der Waals surface area (Å²) >= 11 is 0. The van der Waals surface area contributed by atoms with Gasteiger partial charge in [-0.25, -0.2) is 28.7 Å². The van der Waals surface area contributed by atoms with Gasteiger partial charge in [-0.1, -0.05) is 19.1 Å². The lowest BCUT2D eigenvalue weighted by Crippen LogP contribution is -2.45. The fourth-order valence-corrected chi connectivity index (χ4v) is 5.22. The predicted molar refractivity (Wildman–Crippen MR) is 168 cm³/mol. The van der Waals surface area contributed by atoms with Gasteiger partial charge in [0.15, 0.2) is 11.5 Å². The molecule has 1 fully saturated rings. The van der Waals surface area contributed by atoms with Gasteiger partial charge in [-0.15, -0.1) is 0 Å². The summed E-state index contributed by atoms with van der Waals surface area (Å²) < 4.78 is 68.0. The average molecular weight is 654 g/mol. The third kappa shape index (κ3) is 7.69. The Balaban J connectivity index is 0.000000189. The lowest BCUT2D eigenvalue weighted by molar-refractivity contribution is -0.138. The third-order valence-corrected chi connectivity index (χ3v) is 7.77. The van der Waals surface area contributed by atoms with Crippen LogP contribution in [0.1, 0.15) is 28.4 Å². The number of aromatic amines is 1. The highest BCUT2D eigenvalue weighted by atomic mass is 19.4. The zero-order valence-electron chi connectivity index (χ0n) is 25.6. The maximum absolute atomic E-state index is 14.5. The molecule has 1 aliphatic rings. The molecule has 1 aliphatic heterocycles. The number of carbonyl (C=O) groups is 1. The molecule has 0 bridgehead atoms. The smallest absolute Gasteiger partial charge is 0.386 e. The Kier molecular flexibility index (Phi) is 10.4. The second kappa shape index (κ2) is 14.6. The predicted octanol–water partition coefficient (Wildman–Crippen LogP) is 6.13. The summed E-state index contributed by atoms with van der Waals surface area (Å²) in [6.07, 6.45) is 0.410. The number of carbonyl (C=O) groups excluding carboxylic acids is 1. The number of fused-ring (bicyclic) bond motifs is 1. The number of H-pyrrole nitrogens is 1. The van der Waals surface area contributed by atoms with Crippen LogP contribution in [-0.4, -0.2) is 80.8 Å². The van der Waals surface area contributed by atoms with E-state index in [1.807, 2.05) is 4.90 Å². The lowest BCUT2D eigenvalue weighted by atomic mass is 10.0. The van der Waals surface area contributed by atoms with Gasteiger partial charge in [-0.05, 0) is 42.4 Å². The lowest BCUT2D eigenvalue weighted by Gasteiger charge is -2.34. The summed E-state index contributed by atoms with van der Waals surface area (Å²) in [4.78, 5) is 34.6. The van der Waals surface area contributed by atoms with Crippen LogP contribution < -0.4 is 10.6 Å². The minimum atomic E-state index is -4.43. The van der Waals surface area contributed by atoms with Crippen LogP contribution in [0.4, 0.5) is 39.1 Å². The number of pyridine rings is 1. The van der Waals surface area contributed by atoms with E-state index in [9.17, 15) is 26.7 Å². The number of benzene rings is 2. The number of piperazine rings is 1. The summed E-state index contributed by atoms with van der Waals surface area (Å²) in [7, 11) is 1.56. The number of anilines is 3. The van der Waals surface area contributed by atoms with Crippen molar-refractivity contribution >= 4 is 34.6 Å². The van der Waals surface area contributed by atoms with Crippen molar-refractivity contribution in [1.29, 1.82) is 0 Å². The van der Waals surface area contributed by atoms with Gasteiger partial charge in [-0.2, -0.15) is 13.2 Å². The van der Waals surface area contributed by atoms with Crippen LogP contribution in [0.15, 0.2) is 61.3 Å². The van der Waals surface area contributed by atoms with Crippen LogP contribution in [0, 0.1) is 11.6 Å². The zero-order valence-corrected chi connectivity index (χ0v) is 25.6. The molecule has 4 heterocycles. The summed E-state index contributed by atoms with van der Waals surface area (Å²) in [5, 5.41) is 5.42. The first kappa shape index (κ1) is 33.3. The van der Waals surface area contributed by atoms with Gasteiger partial charge in [0.05, 0.1) is 17.6 Å². The number of hydrogen-bond donors (Lipinski definition) is 3. The van der Waals surface area contributed by atoms with Gasteiger partial charge in [0.1, 0.15) is 41.1 Å². The van der Waals surface area contributed by atoms with Gasteiger partial charge in [-0.3, -0.25) is 9.69 Å². The summed E-state index contributed by atoms with van der Waals surface area (Å²) in [5.74, 6) is -1.21. The van der Waals surface area contributed by atoms with Crippen molar-refractivity contribution in [3.63, 3.8) is 0 Å². The zero-order chi connectivity index (χ0) is 33.6. The van der Waals surface area contributed by atoms with E-state index in [0.717, 1.165) is 38.8 Å².